The Hall–Kier alpha value is -2.56. The zero-order valence-corrected chi connectivity index (χ0v) is 9.72. The van der Waals surface area contributed by atoms with Gasteiger partial charge in [0.05, 0.1) is 30.5 Å². The lowest BCUT2D eigenvalue weighted by atomic mass is 10.1. The van der Waals surface area contributed by atoms with Gasteiger partial charge in [-0.1, -0.05) is 12.1 Å². The molecule has 5 heteroatoms. The predicted octanol–water partition coefficient (Wildman–Crippen LogP) is 2.41. The Morgan fingerprint density at radius 1 is 1.11 bits per heavy atom. The number of anilines is 1. The third kappa shape index (κ3) is 2.24. The summed E-state index contributed by atoms with van der Waals surface area (Å²) in [5.74, 6) is 0. The highest BCUT2D eigenvalue weighted by molar-refractivity contribution is 5.61. The summed E-state index contributed by atoms with van der Waals surface area (Å²) in [6, 6.07) is 10.2. The molecule has 0 amide bonds. The first kappa shape index (κ1) is 10.6. The van der Waals surface area contributed by atoms with Gasteiger partial charge in [0.1, 0.15) is 0 Å². The summed E-state index contributed by atoms with van der Waals surface area (Å²) < 4.78 is 0. The molecule has 3 rings (SSSR count). The van der Waals surface area contributed by atoms with Crippen molar-refractivity contribution in [3.63, 3.8) is 0 Å². The van der Waals surface area contributed by atoms with Crippen molar-refractivity contribution in [2.75, 3.05) is 5.32 Å². The molecule has 18 heavy (non-hydrogen) atoms. The minimum atomic E-state index is 0.739. The first-order valence-corrected chi connectivity index (χ1v) is 5.73. The Morgan fingerprint density at radius 3 is 2.67 bits per heavy atom. The fraction of sp³-hybridized carbons (Fsp3) is 0.0769. The number of aromatic amines is 2. The number of rotatable bonds is 4. The van der Waals surface area contributed by atoms with Crippen LogP contribution < -0.4 is 5.32 Å². The standard InChI is InChI=1S/C13H13N5/c1-3-11(15-7-12-5-6-17-18-12)4-2-10(1)13-8-14-9-16-13/h1-6,8-9,15H,7H2,(H,14,16)(H,17,18). The molecule has 0 radical (unpaired) electrons. The minimum absolute atomic E-state index is 0.739. The Morgan fingerprint density at radius 2 is 2.00 bits per heavy atom. The van der Waals surface area contributed by atoms with E-state index in [1.54, 1.807) is 12.5 Å². The van der Waals surface area contributed by atoms with Crippen LogP contribution in [0.3, 0.4) is 0 Å². The second kappa shape index (κ2) is 4.75. The first-order chi connectivity index (χ1) is 8.92. The van der Waals surface area contributed by atoms with Crippen molar-refractivity contribution in [2.24, 2.45) is 0 Å². The van der Waals surface area contributed by atoms with Crippen molar-refractivity contribution < 1.29 is 0 Å². The van der Waals surface area contributed by atoms with Gasteiger partial charge in [-0.2, -0.15) is 5.10 Å². The van der Waals surface area contributed by atoms with Crippen molar-refractivity contribution >= 4 is 5.69 Å². The number of hydrogen-bond donors (Lipinski definition) is 3. The molecule has 3 N–H and O–H groups in total. The molecule has 0 aliphatic heterocycles. The van der Waals surface area contributed by atoms with E-state index >= 15 is 0 Å². The van der Waals surface area contributed by atoms with Crippen LogP contribution in [0.4, 0.5) is 5.69 Å². The fourth-order valence-electron chi connectivity index (χ4n) is 1.76. The van der Waals surface area contributed by atoms with E-state index < -0.39 is 0 Å². The van der Waals surface area contributed by atoms with Crippen molar-refractivity contribution in [3.8, 4) is 11.3 Å². The summed E-state index contributed by atoms with van der Waals surface area (Å²) in [6.45, 7) is 0.739. The number of benzene rings is 1. The molecule has 0 saturated heterocycles. The van der Waals surface area contributed by atoms with Crippen molar-refractivity contribution in [2.45, 2.75) is 6.54 Å². The monoisotopic (exact) mass is 239 g/mol. The molecule has 0 unspecified atom stereocenters. The molecule has 2 heterocycles. The van der Waals surface area contributed by atoms with Crippen LogP contribution >= 0.6 is 0 Å². The molecule has 0 saturated carbocycles. The van der Waals surface area contributed by atoms with Crippen LogP contribution in [0.2, 0.25) is 0 Å². The lowest BCUT2D eigenvalue weighted by molar-refractivity contribution is 0.981. The number of imidazole rings is 1. The van der Waals surface area contributed by atoms with Gasteiger partial charge in [0.15, 0.2) is 0 Å². The van der Waals surface area contributed by atoms with Crippen LogP contribution in [0, 0.1) is 0 Å². The van der Waals surface area contributed by atoms with Crippen LogP contribution in [0.25, 0.3) is 11.3 Å². The molecule has 2 aromatic heterocycles. The second-order valence-corrected chi connectivity index (χ2v) is 3.98. The molecule has 3 aromatic rings. The van der Waals surface area contributed by atoms with E-state index in [-0.39, 0.29) is 0 Å². The summed E-state index contributed by atoms with van der Waals surface area (Å²) in [6.07, 6.45) is 5.24. The summed E-state index contributed by atoms with van der Waals surface area (Å²) in [5.41, 5.74) is 4.29. The van der Waals surface area contributed by atoms with Gasteiger partial charge in [0.25, 0.3) is 0 Å². The predicted molar refractivity (Wildman–Crippen MR) is 69.9 cm³/mol. The van der Waals surface area contributed by atoms with Crippen molar-refractivity contribution in [3.05, 3.63) is 54.7 Å². The van der Waals surface area contributed by atoms with E-state index in [0.29, 0.717) is 0 Å². The number of nitrogens with one attached hydrogen (secondary N) is 3. The van der Waals surface area contributed by atoms with Gasteiger partial charge < -0.3 is 10.3 Å². The maximum atomic E-state index is 4.01. The van der Waals surface area contributed by atoms with Gasteiger partial charge in [-0.15, -0.1) is 0 Å². The average molecular weight is 239 g/mol. The van der Waals surface area contributed by atoms with Gasteiger partial charge in [0.2, 0.25) is 0 Å². The number of H-pyrrole nitrogens is 2. The first-order valence-electron chi connectivity index (χ1n) is 5.73. The zero-order chi connectivity index (χ0) is 12.2. The molecular formula is C13H13N5. The lowest BCUT2D eigenvalue weighted by Crippen LogP contribution is -1.99. The molecule has 0 fully saturated rings. The molecular weight excluding hydrogens is 226 g/mol. The van der Waals surface area contributed by atoms with E-state index in [1.165, 1.54) is 0 Å². The van der Waals surface area contributed by atoms with Gasteiger partial charge in [-0.05, 0) is 23.8 Å². The molecule has 90 valence electrons. The third-order valence-corrected chi connectivity index (χ3v) is 2.74. The second-order valence-electron chi connectivity index (χ2n) is 3.98. The summed E-state index contributed by atoms with van der Waals surface area (Å²) in [4.78, 5) is 7.09. The molecule has 0 spiro atoms. The van der Waals surface area contributed by atoms with Crippen LogP contribution in [0.15, 0.2) is 49.1 Å². The van der Waals surface area contributed by atoms with Gasteiger partial charge in [-0.3, -0.25) is 5.10 Å². The summed E-state index contributed by atoms with van der Waals surface area (Å²) in [7, 11) is 0. The highest BCUT2D eigenvalue weighted by atomic mass is 15.1. The van der Waals surface area contributed by atoms with Crippen molar-refractivity contribution in [1.82, 2.24) is 20.2 Å². The van der Waals surface area contributed by atoms with E-state index in [2.05, 4.69) is 37.6 Å². The maximum Gasteiger partial charge on any atom is 0.0924 e. The van der Waals surface area contributed by atoms with Crippen LogP contribution in [0.5, 0.6) is 0 Å². The topological polar surface area (TPSA) is 69.4 Å². The Bertz CT molecular complexity index is 581. The summed E-state index contributed by atoms with van der Waals surface area (Å²) >= 11 is 0. The van der Waals surface area contributed by atoms with Gasteiger partial charge in [-0.25, -0.2) is 4.98 Å². The Kier molecular flexibility index (Phi) is 2.79. The molecule has 0 atom stereocenters. The number of nitrogens with zero attached hydrogens (tertiary/aromatic N) is 2. The normalized spacial score (nSPS) is 10.4. The SMILES string of the molecule is c1cc(CNc2ccc(-c3cnc[nH]3)cc2)[nH]n1. The van der Waals surface area contributed by atoms with Crippen molar-refractivity contribution in [1.29, 1.82) is 0 Å². The quantitative estimate of drug-likeness (QED) is 0.654. The smallest absolute Gasteiger partial charge is 0.0924 e. The largest absolute Gasteiger partial charge is 0.379 e. The average Bonchev–Trinajstić information content (AvgIpc) is 3.10. The zero-order valence-electron chi connectivity index (χ0n) is 9.72. The van der Waals surface area contributed by atoms with Crippen LogP contribution in [-0.4, -0.2) is 20.2 Å². The molecule has 5 nitrogen and oxygen atoms in total. The molecule has 1 aromatic carbocycles. The molecule has 0 bridgehead atoms. The van der Waals surface area contributed by atoms with Gasteiger partial charge >= 0.3 is 0 Å². The van der Waals surface area contributed by atoms with Crippen LogP contribution in [0.1, 0.15) is 5.69 Å². The Labute approximate surface area is 104 Å². The number of aromatic nitrogens is 4. The highest BCUT2D eigenvalue weighted by Crippen LogP contribution is 2.18. The van der Waals surface area contributed by atoms with Gasteiger partial charge in [0, 0.05) is 11.9 Å². The molecule has 0 aliphatic rings. The van der Waals surface area contributed by atoms with E-state index in [9.17, 15) is 0 Å². The Balaban J connectivity index is 1.68. The minimum Gasteiger partial charge on any atom is -0.379 e. The van der Waals surface area contributed by atoms with E-state index in [1.807, 2.05) is 24.4 Å². The lowest BCUT2D eigenvalue weighted by Gasteiger charge is -2.05. The number of hydrogen-bond acceptors (Lipinski definition) is 3. The summed E-state index contributed by atoms with van der Waals surface area (Å²) in [5, 5.41) is 10.1. The van der Waals surface area contributed by atoms with E-state index in [4.69, 9.17) is 0 Å². The highest BCUT2D eigenvalue weighted by Gasteiger charge is 1.99. The fourth-order valence-corrected chi connectivity index (χ4v) is 1.76. The maximum absolute atomic E-state index is 4.01. The molecule has 0 aliphatic carbocycles. The van der Waals surface area contributed by atoms with E-state index in [0.717, 1.165) is 29.2 Å². The van der Waals surface area contributed by atoms with Crippen LogP contribution in [-0.2, 0) is 6.54 Å². The third-order valence-electron chi connectivity index (χ3n) is 2.74.